The average Bonchev–Trinajstić information content (AvgIpc) is 2.62. The zero-order valence-electron chi connectivity index (χ0n) is 16.6. The van der Waals surface area contributed by atoms with Gasteiger partial charge in [-0.25, -0.2) is 13.2 Å². The summed E-state index contributed by atoms with van der Waals surface area (Å²) in [5.41, 5.74) is 1.86. The third-order valence-electron chi connectivity index (χ3n) is 4.11. The molecule has 1 N–H and O–H groups in total. The fraction of sp³-hybridized carbons (Fsp3) is 0.300. The van der Waals surface area contributed by atoms with E-state index in [0.717, 1.165) is 16.1 Å². The van der Waals surface area contributed by atoms with Crippen molar-refractivity contribution in [3.63, 3.8) is 0 Å². The largest absolute Gasteiger partial charge is 0.462 e. The quantitative estimate of drug-likeness (QED) is 0.666. The van der Waals surface area contributed by atoms with E-state index in [1.807, 2.05) is 6.92 Å². The highest BCUT2D eigenvalue weighted by molar-refractivity contribution is 7.92. The highest BCUT2D eigenvalue weighted by atomic mass is 35.5. The second-order valence-electron chi connectivity index (χ2n) is 6.47. The van der Waals surface area contributed by atoms with Gasteiger partial charge >= 0.3 is 5.97 Å². The highest BCUT2D eigenvalue weighted by Gasteiger charge is 2.29. The molecule has 156 valence electrons. The Hall–Kier alpha value is -2.58. The number of nitrogens with zero attached hydrogens (tertiary/aromatic N) is 1. The first-order valence-electron chi connectivity index (χ1n) is 8.88. The molecule has 9 heteroatoms. The van der Waals surface area contributed by atoms with Gasteiger partial charge < -0.3 is 10.1 Å². The number of carbonyl (C=O) groups is 2. The third kappa shape index (κ3) is 5.71. The minimum atomic E-state index is -3.71. The van der Waals surface area contributed by atoms with E-state index < -0.39 is 27.9 Å². The van der Waals surface area contributed by atoms with Crippen LogP contribution in [0.15, 0.2) is 42.5 Å². The van der Waals surface area contributed by atoms with Crippen molar-refractivity contribution in [2.24, 2.45) is 0 Å². The van der Waals surface area contributed by atoms with Crippen LogP contribution in [0.2, 0.25) is 5.02 Å². The predicted octanol–water partition coefficient (Wildman–Crippen LogP) is 3.62. The van der Waals surface area contributed by atoms with Crippen molar-refractivity contribution < 1.29 is 22.7 Å². The summed E-state index contributed by atoms with van der Waals surface area (Å²) >= 11 is 6.11. The van der Waals surface area contributed by atoms with E-state index in [1.54, 1.807) is 31.2 Å². The van der Waals surface area contributed by atoms with Crippen LogP contribution in [-0.2, 0) is 19.6 Å². The van der Waals surface area contributed by atoms with E-state index in [-0.39, 0.29) is 17.2 Å². The molecule has 0 spiro atoms. The third-order valence-corrected chi connectivity index (χ3v) is 5.66. The molecule has 2 rings (SSSR count). The lowest BCUT2D eigenvalue weighted by atomic mass is 10.2. The number of rotatable bonds is 7. The molecular formula is C20H23ClN2O5S. The number of esters is 1. The molecule has 0 bridgehead atoms. The van der Waals surface area contributed by atoms with Gasteiger partial charge in [-0.1, -0.05) is 29.3 Å². The molecule has 7 nitrogen and oxygen atoms in total. The summed E-state index contributed by atoms with van der Waals surface area (Å²) in [5, 5.41) is 2.75. The maximum atomic E-state index is 12.7. The monoisotopic (exact) mass is 438 g/mol. The van der Waals surface area contributed by atoms with Crippen LogP contribution in [-0.4, -0.2) is 39.2 Å². The van der Waals surface area contributed by atoms with Crippen molar-refractivity contribution in [2.45, 2.75) is 26.8 Å². The maximum Gasteiger partial charge on any atom is 0.339 e. The topological polar surface area (TPSA) is 92.8 Å². The summed E-state index contributed by atoms with van der Waals surface area (Å²) in [5.74, 6) is -1.11. The van der Waals surface area contributed by atoms with Gasteiger partial charge in [0.1, 0.15) is 6.04 Å². The molecule has 0 unspecified atom stereocenters. The molecule has 0 aliphatic rings. The Morgan fingerprint density at radius 2 is 1.79 bits per heavy atom. The van der Waals surface area contributed by atoms with Crippen LogP contribution in [0, 0.1) is 6.92 Å². The lowest BCUT2D eigenvalue weighted by Crippen LogP contribution is -2.45. The summed E-state index contributed by atoms with van der Waals surface area (Å²) in [6, 6.07) is 10.2. The number of anilines is 2. The van der Waals surface area contributed by atoms with Crippen LogP contribution in [0.5, 0.6) is 0 Å². The van der Waals surface area contributed by atoms with Crippen molar-refractivity contribution in [1.29, 1.82) is 0 Å². The number of hydrogen-bond donors (Lipinski definition) is 1. The Labute approximate surface area is 175 Å². The Bertz CT molecular complexity index is 1010. The minimum Gasteiger partial charge on any atom is -0.462 e. The van der Waals surface area contributed by atoms with Gasteiger partial charge in [-0.05, 0) is 51.1 Å². The highest BCUT2D eigenvalue weighted by Crippen LogP contribution is 2.24. The summed E-state index contributed by atoms with van der Waals surface area (Å²) < 4.78 is 30.6. The number of hydrogen-bond acceptors (Lipinski definition) is 5. The summed E-state index contributed by atoms with van der Waals surface area (Å²) in [4.78, 5) is 24.5. The van der Waals surface area contributed by atoms with Crippen LogP contribution < -0.4 is 9.62 Å². The lowest BCUT2D eigenvalue weighted by Gasteiger charge is -2.28. The van der Waals surface area contributed by atoms with Gasteiger partial charge in [0, 0.05) is 5.69 Å². The summed E-state index contributed by atoms with van der Waals surface area (Å²) in [6.45, 7) is 5.27. The van der Waals surface area contributed by atoms with E-state index in [9.17, 15) is 18.0 Å². The van der Waals surface area contributed by atoms with Crippen molar-refractivity contribution >= 4 is 44.9 Å². The Morgan fingerprint density at radius 1 is 1.17 bits per heavy atom. The Balaban J connectivity index is 2.25. The molecule has 2 aromatic rings. The van der Waals surface area contributed by atoms with Gasteiger partial charge in [0.15, 0.2) is 0 Å². The molecule has 0 aromatic heterocycles. The first-order chi connectivity index (χ1) is 13.5. The van der Waals surface area contributed by atoms with Crippen molar-refractivity contribution in [3.8, 4) is 0 Å². The normalized spacial score (nSPS) is 12.2. The average molecular weight is 439 g/mol. The zero-order chi connectivity index (χ0) is 21.8. The first-order valence-corrected chi connectivity index (χ1v) is 11.1. The van der Waals surface area contributed by atoms with Gasteiger partial charge in [0.25, 0.3) is 0 Å². The molecule has 0 saturated carbocycles. The number of nitrogens with one attached hydrogen (secondary N) is 1. The predicted molar refractivity (Wildman–Crippen MR) is 114 cm³/mol. The van der Waals surface area contributed by atoms with E-state index in [4.69, 9.17) is 16.3 Å². The number of benzene rings is 2. The molecule has 1 amide bonds. The van der Waals surface area contributed by atoms with E-state index in [2.05, 4.69) is 5.32 Å². The van der Waals surface area contributed by atoms with E-state index in [0.29, 0.717) is 11.4 Å². The van der Waals surface area contributed by atoms with Gasteiger partial charge in [-0.2, -0.15) is 0 Å². The second kappa shape index (κ2) is 9.28. The lowest BCUT2D eigenvalue weighted by molar-refractivity contribution is -0.116. The van der Waals surface area contributed by atoms with Crippen LogP contribution in [0.25, 0.3) is 0 Å². The van der Waals surface area contributed by atoms with Crippen LogP contribution in [0.3, 0.4) is 0 Å². The van der Waals surface area contributed by atoms with Crippen molar-refractivity contribution in [1.82, 2.24) is 0 Å². The number of carbonyl (C=O) groups excluding carboxylic acids is 2. The number of halogens is 1. The maximum absolute atomic E-state index is 12.7. The molecule has 0 aliphatic carbocycles. The first kappa shape index (κ1) is 22.7. The zero-order valence-corrected chi connectivity index (χ0v) is 18.2. The number of aryl methyl sites for hydroxylation is 1. The van der Waals surface area contributed by atoms with Gasteiger partial charge in [0.2, 0.25) is 15.9 Å². The van der Waals surface area contributed by atoms with Crippen molar-refractivity contribution in [2.75, 3.05) is 22.5 Å². The number of sulfonamides is 1. The second-order valence-corrected chi connectivity index (χ2v) is 8.74. The summed E-state index contributed by atoms with van der Waals surface area (Å²) in [7, 11) is -3.71. The smallest absolute Gasteiger partial charge is 0.339 e. The molecular weight excluding hydrogens is 416 g/mol. The summed E-state index contributed by atoms with van der Waals surface area (Å²) in [6.07, 6.45) is 1.04. The molecule has 2 aromatic carbocycles. The number of ether oxygens (including phenoxy) is 1. The van der Waals surface area contributed by atoms with Gasteiger partial charge in [-0.3, -0.25) is 9.10 Å². The Kier molecular flexibility index (Phi) is 7.26. The molecule has 29 heavy (non-hydrogen) atoms. The number of amides is 1. The van der Waals surface area contributed by atoms with Crippen LogP contribution in [0.4, 0.5) is 11.4 Å². The van der Waals surface area contributed by atoms with Crippen LogP contribution in [0.1, 0.15) is 29.8 Å². The molecule has 0 radical (unpaired) electrons. The standard InChI is InChI=1S/C20H23ClN2O5S/c1-5-28-20(25)17-11-8-15(12-18(17)21)22-19(24)14(3)23(29(4,26)27)16-9-6-13(2)7-10-16/h6-12,14H,5H2,1-4H3,(H,22,24)/t14-/m0/s1. The van der Waals surface area contributed by atoms with E-state index >= 15 is 0 Å². The SMILES string of the molecule is CCOC(=O)c1ccc(NC(=O)[C@H](C)N(c2ccc(C)cc2)S(C)(=O)=O)cc1Cl. The van der Waals surface area contributed by atoms with Gasteiger partial charge in [-0.15, -0.1) is 0 Å². The molecule has 0 saturated heterocycles. The fourth-order valence-electron chi connectivity index (χ4n) is 2.71. The van der Waals surface area contributed by atoms with Crippen molar-refractivity contribution in [3.05, 3.63) is 58.6 Å². The molecule has 1 atom stereocenters. The Morgan fingerprint density at radius 3 is 2.31 bits per heavy atom. The molecule has 0 heterocycles. The minimum absolute atomic E-state index is 0.118. The van der Waals surface area contributed by atoms with Gasteiger partial charge in [0.05, 0.1) is 29.1 Å². The fourth-order valence-corrected chi connectivity index (χ4v) is 4.15. The van der Waals surface area contributed by atoms with E-state index in [1.165, 1.54) is 25.1 Å². The molecule has 0 fully saturated rings. The van der Waals surface area contributed by atoms with Crippen LogP contribution >= 0.6 is 11.6 Å². The molecule has 0 aliphatic heterocycles.